The fourth-order valence-corrected chi connectivity index (χ4v) is 11.3. The molecular weight excluding hydrogens is 1270 g/mol. The van der Waals surface area contributed by atoms with E-state index >= 15 is 0 Å². The molecule has 0 saturated carbocycles. The first kappa shape index (κ1) is 92.7. The quantitative estimate of drug-likeness (QED) is 0.0146. The SMILES string of the molecule is CC/C=C\C/C=C\C/C=C\C/C=C\C/C=C\C/C=C\CCC(=O)OCC(COP(=O)(O)OCC(O)COP(=O)(O)OCC(O)COC(=O)CCCCCCCCCCCCCCCCC/C=C\C/C=C\C/C=C\C/C=C\C/C=C\CC)OC(=O)CCCCCCCCCCCCC. The number of aliphatic hydroxyl groups excluding tert-OH is 2. The van der Waals surface area contributed by atoms with Gasteiger partial charge in [0.1, 0.15) is 25.4 Å². The Morgan fingerprint density at radius 1 is 0.299 bits per heavy atom. The predicted molar refractivity (Wildman–Crippen MR) is 399 cm³/mol. The average Bonchev–Trinajstić information content (AvgIpc) is 3.19. The van der Waals surface area contributed by atoms with E-state index < -0.39 is 91.5 Å². The van der Waals surface area contributed by atoms with Crippen molar-refractivity contribution in [1.82, 2.24) is 0 Å². The third-order valence-electron chi connectivity index (χ3n) is 15.4. The summed E-state index contributed by atoms with van der Waals surface area (Å²) in [6, 6.07) is 0. The minimum absolute atomic E-state index is 0.0447. The predicted octanol–water partition coefficient (Wildman–Crippen LogP) is 21.5. The van der Waals surface area contributed by atoms with Gasteiger partial charge in [-0.25, -0.2) is 9.13 Å². The van der Waals surface area contributed by atoms with Crippen LogP contribution in [0.3, 0.4) is 0 Å². The minimum Gasteiger partial charge on any atom is -0.463 e. The molecule has 16 nitrogen and oxygen atoms in total. The van der Waals surface area contributed by atoms with Gasteiger partial charge in [-0.15, -0.1) is 0 Å². The lowest BCUT2D eigenvalue weighted by molar-refractivity contribution is -0.161. The van der Waals surface area contributed by atoms with E-state index in [1.807, 2.05) is 18.2 Å². The van der Waals surface area contributed by atoms with Gasteiger partial charge < -0.3 is 34.2 Å². The third-order valence-corrected chi connectivity index (χ3v) is 17.3. The van der Waals surface area contributed by atoms with Crippen molar-refractivity contribution in [2.75, 3.05) is 39.6 Å². The van der Waals surface area contributed by atoms with Crippen LogP contribution in [0.15, 0.2) is 134 Å². The van der Waals surface area contributed by atoms with E-state index in [1.165, 1.54) is 116 Å². The van der Waals surface area contributed by atoms with E-state index in [1.54, 1.807) is 0 Å². The number of esters is 3. The number of hydrogen-bond acceptors (Lipinski definition) is 14. The molecule has 0 aromatic carbocycles. The molecule has 0 radical (unpaired) electrons. The fourth-order valence-electron chi connectivity index (χ4n) is 9.74. The van der Waals surface area contributed by atoms with Crippen LogP contribution in [0.1, 0.15) is 290 Å². The van der Waals surface area contributed by atoms with Gasteiger partial charge in [0.15, 0.2) is 6.10 Å². The van der Waals surface area contributed by atoms with Gasteiger partial charge in [0.05, 0.1) is 26.4 Å². The molecule has 5 atom stereocenters. The number of unbranched alkanes of at least 4 members (excludes halogenated alkanes) is 25. The van der Waals surface area contributed by atoms with E-state index in [-0.39, 0.29) is 19.3 Å². The molecule has 0 bridgehead atoms. The number of rotatable bonds is 70. The molecule has 0 spiro atoms. The maximum absolute atomic E-state index is 12.9. The Kier molecular flexibility index (Phi) is 68.3. The van der Waals surface area contributed by atoms with E-state index in [0.29, 0.717) is 25.7 Å². The lowest BCUT2D eigenvalue weighted by Gasteiger charge is -2.21. The topological polar surface area (TPSA) is 231 Å². The van der Waals surface area contributed by atoms with Gasteiger partial charge in [-0.05, 0) is 103 Å². The van der Waals surface area contributed by atoms with Crippen molar-refractivity contribution in [2.45, 2.75) is 309 Å². The van der Waals surface area contributed by atoms with Crippen molar-refractivity contribution < 1.29 is 75.8 Å². The van der Waals surface area contributed by atoms with Crippen LogP contribution in [-0.4, -0.2) is 95.9 Å². The number of hydrogen-bond donors (Lipinski definition) is 4. The van der Waals surface area contributed by atoms with Gasteiger partial charge in [-0.3, -0.25) is 32.5 Å². The second-order valence-corrected chi connectivity index (χ2v) is 27.6. The third kappa shape index (κ3) is 72.8. The Morgan fingerprint density at radius 3 is 0.928 bits per heavy atom. The Morgan fingerprint density at radius 2 is 0.567 bits per heavy atom. The lowest BCUT2D eigenvalue weighted by atomic mass is 10.0. The maximum atomic E-state index is 12.9. The highest BCUT2D eigenvalue weighted by Gasteiger charge is 2.29. The molecule has 0 aliphatic rings. The highest BCUT2D eigenvalue weighted by atomic mass is 31.2. The maximum Gasteiger partial charge on any atom is 0.472 e. The molecule has 0 aromatic heterocycles. The van der Waals surface area contributed by atoms with E-state index in [4.69, 9.17) is 32.3 Å². The number of carbonyl (C=O) groups is 3. The largest absolute Gasteiger partial charge is 0.472 e. The van der Waals surface area contributed by atoms with Gasteiger partial charge in [-0.1, -0.05) is 302 Å². The van der Waals surface area contributed by atoms with Crippen LogP contribution in [0.5, 0.6) is 0 Å². The van der Waals surface area contributed by atoms with E-state index in [0.717, 1.165) is 109 Å². The van der Waals surface area contributed by atoms with Crippen LogP contribution in [-0.2, 0) is 55.8 Å². The smallest absolute Gasteiger partial charge is 0.463 e. The Balaban J connectivity index is 4.45. The summed E-state index contributed by atoms with van der Waals surface area (Å²) in [5, 5.41) is 20.6. The highest BCUT2D eigenvalue weighted by Crippen LogP contribution is 2.45. The second-order valence-electron chi connectivity index (χ2n) is 24.7. The summed E-state index contributed by atoms with van der Waals surface area (Å²) < 4.78 is 60.8. The minimum atomic E-state index is -4.94. The van der Waals surface area contributed by atoms with Crippen LogP contribution in [0.2, 0.25) is 0 Å². The summed E-state index contributed by atoms with van der Waals surface area (Å²) in [6.07, 6.45) is 85.4. The van der Waals surface area contributed by atoms with E-state index in [2.05, 4.69) is 136 Å². The molecule has 5 unspecified atom stereocenters. The summed E-state index contributed by atoms with van der Waals surface area (Å²) in [5.41, 5.74) is 0. The van der Waals surface area contributed by atoms with Crippen molar-refractivity contribution >= 4 is 33.6 Å². The summed E-state index contributed by atoms with van der Waals surface area (Å²) in [4.78, 5) is 58.4. The number of aliphatic hydroxyl groups is 2. The van der Waals surface area contributed by atoms with Gasteiger partial charge in [0.25, 0.3) is 0 Å². The van der Waals surface area contributed by atoms with Crippen molar-refractivity contribution in [3.8, 4) is 0 Å². The Bertz CT molecular complexity index is 2300. The molecule has 18 heteroatoms. The zero-order valence-corrected chi connectivity index (χ0v) is 62.2. The normalized spacial score (nSPS) is 14.8. The molecule has 0 heterocycles. The summed E-state index contributed by atoms with van der Waals surface area (Å²) in [7, 11) is -9.80. The van der Waals surface area contributed by atoms with Crippen LogP contribution in [0.4, 0.5) is 0 Å². The molecule has 4 N–H and O–H groups in total. The number of carbonyl (C=O) groups excluding carboxylic acids is 3. The Hall–Kier alpha value is -4.31. The number of phosphoric ester groups is 2. The molecule has 0 fully saturated rings. The molecule has 0 rings (SSSR count). The summed E-state index contributed by atoms with van der Waals surface area (Å²) in [6.45, 7) is 2.35. The van der Waals surface area contributed by atoms with Crippen molar-refractivity contribution in [3.05, 3.63) is 134 Å². The van der Waals surface area contributed by atoms with Crippen LogP contribution in [0.25, 0.3) is 0 Å². The fraction of sp³-hybridized carbons (Fsp3) is 0.684. The van der Waals surface area contributed by atoms with Crippen LogP contribution < -0.4 is 0 Å². The molecule has 0 aromatic rings. The van der Waals surface area contributed by atoms with Crippen molar-refractivity contribution in [2.24, 2.45) is 0 Å². The number of ether oxygens (including phenoxy) is 3. The first-order valence-electron chi connectivity index (χ1n) is 37.5. The molecule has 97 heavy (non-hydrogen) atoms. The van der Waals surface area contributed by atoms with Gasteiger partial charge in [-0.2, -0.15) is 0 Å². The van der Waals surface area contributed by atoms with E-state index in [9.17, 15) is 43.5 Å². The van der Waals surface area contributed by atoms with Gasteiger partial charge >= 0.3 is 33.6 Å². The standard InChI is InChI=1S/C79H134O16P2/c1-4-7-10-13-16-19-22-24-26-28-30-31-32-33-34-35-36-37-38-39-40-41-43-45-46-48-51-53-56-59-62-65-77(82)89-68-74(80)69-91-96(85,86)92-70-75(81)71-93-97(87,88)94-73-76(95-79(84)67-64-61-58-55-50-21-18-15-12-9-6-3)72-90-78(83)66-63-60-57-54-52-49-47-44-42-29-27-25-23-20-17-14-11-8-5-2/h7-8,10-11,16-17,19-20,24-27,30-31,33-34,42,44,49,52,57,60,74-76,80-81H,4-6,9,12-15,18,21-23,28-29,32,35-41,43,45-48,50-51,53-56,58-59,61-73H2,1-3H3,(H,85,86)(H,87,88)/b10-7-,11-8-,19-16-,20-17-,26-24-,27-25-,31-30-,34-33-,44-42-,52-49-,60-57-. The number of phosphoric acid groups is 2. The lowest BCUT2D eigenvalue weighted by Crippen LogP contribution is -2.30. The van der Waals surface area contributed by atoms with Gasteiger partial charge in [0.2, 0.25) is 0 Å². The first-order valence-corrected chi connectivity index (χ1v) is 40.5. The molecule has 0 aliphatic carbocycles. The molecule has 0 amide bonds. The second kappa shape index (κ2) is 71.5. The average molecular weight is 1400 g/mol. The molecule has 0 aliphatic heterocycles. The van der Waals surface area contributed by atoms with Crippen LogP contribution in [0, 0.1) is 0 Å². The first-order chi connectivity index (χ1) is 47.2. The van der Waals surface area contributed by atoms with Crippen molar-refractivity contribution in [1.29, 1.82) is 0 Å². The molecule has 0 saturated heterocycles. The summed E-state index contributed by atoms with van der Waals surface area (Å²) >= 11 is 0. The summed E-state index contributed by atoms with van der Waals surface area (Å²) in [5.74, 6) is -1.67. The van der Waals surface area contributed by atoms with Crippen molar-refractivity contribution in [3.63, 3.8) is 0 Å². The highest BCUT2D eigenvalue weighted by molar-refractivity contribution is 7.47. The molecular formula is C79H134O16P2. The monoisotopic (exact) mass is 1400 g/mol. The zero-order valence-electron chi connectivity index (χ0n) is 60.5. The van der Waals surface area contributed by atoms with Crippen LogP contribution >= 0.6 is 15.6 Å². The zero-order chi connectivity index (χ0) is 70.9. The molecule has 556 valence electrons. The Labute approximate surface area is 588 Å². The number of allylic oxidation sites excluding steroid dienone is 22. The van der Waals surface area contributed by atoms with Gasteiger partial charge in [0, 0.05) is 19.3 Å².